The van der Waals surface area contributed by atoms with Crippen molar-refractivity contribution < 1.29 is 4.74 Å². The summed E-state index contributed by atoms with van der Waals surface area (Å²) in [5.41, 5.74) is 0.873. The standard InChI is InChI=1S/C18H24N4O/c1-3-14-8-6-7-13-22(14)17-11-12-19-18(21-17)20-15-9-4-5-10-16(15)23-2/h4-5,9-12,14H,3,6-8,13H2,1-2H3,(H,19,20,21). The van der Waals surface area contributed by atoms with Gasteiger partial charge in [-0.1, -0.05) is 19.1 Å². The zero-order valence-corrected chi connectivity index (χ0v) is 13.8. The van der Waals surface area contributed by atoms with Gasteiger partial charge >= 0.3 is 0 Å². The second-order valence-electron chi connectivity index (χ2n) is 5.81. The third kappa shape index (κ3) is 3.55. The Morgan fingerprint density at radius 1 is 1.26 bits per heavy atom. The number of anilines is 3. The normalized spacial score (nSPS) is 17.8. The summed E-state index contributed by atoms with van der Waals surface area (Å²) in [5, 5.41) is 3.26. The summed E-state index contributed by atoms with van der Waals surface area (Å²) in [6.45, 7) is 3.32. The molecule has 1 atom stereocenters. The quantitative estimate of drug-likeness (QED) is 0.904. The number of nitrogens with one attached hydrogen (secondary N) is 1. The lowest BCUT2D eigenvalue weighted by molar-refractivity contribution is 0.417. The van der Waals surface area contributed by atoms with Crippen LogP contribution < -0.4 is 15.0 Å². The maximum absolute atomic E-state index is 5.37. The molecule has 3 rings (SSSR count). The molecule has 5 nitrogen and oxygen atoms in total. The van der Waals surface area contributed by atoms with Crippen LogP contribution in [0.3, 0.4) is 0 Å². The second-order valence-corrected chi connectivity index (χ2v) is 5.81. The maximum Gasteiger partial charge on any atom is 0.229 e. The summed E-state index contributed by atoms with van der Waals surface area (Å²) in [4.78, 5) is 11.5. The van der Waals surface area contributed by atoms with Crippen molar-refractivity contribution in [1.29, 1.82) is 0 Å². The van der Waals surface area contributed by atoms with Gasteiger partial charge in [0.2, 0.25) is 5.95 Å². The zero-order chi connectivity index (χ0) is 16.1. The van der Waals surface area contributed by atoms with E-state index in [4.69, 9.17) is 9.72 Å². The molecule has 5 heteroatoms. The number of methoxy groups -OCH3 is 1. The summed E-state index contributed by atoms with van der Waals surface area (Å²) in [5.74, 6) is 2.39. The second kappa shape index (κ2) is 7.31. The zero-order valence-electron chi connectivity index (χ0n) is 13.8. The van der Waals surface area contributed by atoms with Crippen molar-refractivity contribution in [2.75, 3.05) is 23.9 Å². The highest BCUT2D eigenvalue weighted by molar-refractivity contribution is 5.63. The van der Waals surface area contributed by atoms with Crippen LogP contribution in [0.5, 0.6) is 5.75 Å². The number of para-hydroxylation sites is 2. The monoisotopic (exact) mass is 312 g/mol. The summed E-state index contributed by atoms with van der Waals surface area (Å²) in [6, 6.07) is 10.4. The van der Waals surface area contributed by atoms with Crippen LogP contribution in [-0.2, 0) is 0 Å². The number of hydrogen-bond donors (Lipinski definition) is 1. The molecule has 1 unspecified atom stereocenters. The van der Waals surface area contributed by atoms with Gasteiger partial charge in [-0.3, -0.25) is 0 Å². The minimum absolute atomic E-state index is 0.581. The lowest BCUT2D eigenvalue weighted by atomic mass is 10.0. The average Bonchev–Trinajstić information content (AvgIpc) is 2.62. The fourth-order valence-corrected chi connectivity index (χ4v) is 3.16. The third-order valence-corrected chi connectivity index (χ3v) is 4.39. The summed E-state index contributed by atoms with van der Waals surface area (Å²) >= 11 is 0. The van der Waals surface area contributed by atoms with Crippen LogP contribution in [0, 0.1) is 0 Å². The van der Waals surface area contributed by atoms with E-state index in [-0.39, 0.29) is 0 Å². The average molecular weight is 312 g/mol. The van der Waals surface area contributed by atoms with Gasteiger partial charge in [-0.2, -0.15) is 4.98 Å². The molecule has 1 aromatic heterocycles. The van der Waals surface area contributed by atoms with Crippen LogP contribution in [0.2, 0.25) is 0 Å². The molecule has 0 radical (unpaired) electrons. The van der Waals surface area contributed by atoms with Crippen LogP contribution in [0.15, 0.2) is 36.5 Å². The molecular weight excluding hydrogens is 288 g/mol. The van der Waals surface area contributed by atoms with E-state index in [1.54, 1.807) is 7.11 Å². The number of nitrogens with zero attached hydrogens (tertiary/aromatic N) is 3. The fraction of sp³-hybridized carbons (Fsp3) is 0.444. The minimum atomic E-state index is 0.581. The van der Waals surface area contributed by atoms with Gasteiger partial charge in [0.1, 0.15) is 11.6 Å². The largest absolute Gasteiger partial charge is 0.495 e. The number of benzene rings is 1. The van der Waals surface area contributed by atoms with Crippen molar-refractivity contribution in [3.05, 3.63) is 36.5 Å². The first-order chi connectivity index (χ1) is 11.3. The number of piperidine rings is 1. The molecule has 0 saturated carbocycles. The third-order valence-electron chi connectivity index (χ3n) is 4.39. The first-order valence-electron chi connectivity index (χ1n) is 8.31. The van der Waals surface area contributed by atoms with Crippen LogP contribution >= 0.6 is 0 Å². The highest BCUT2D eigenvalue weighted by Gasteiger charge is 2.22. The SMILES string of the molecule is CCC1CCCCN1c1ccnc(Nc2ccccc2OC)n1. The molecule has 0 aliphatic carbocycles. The number of hydrogen-bond acceptors (Lipinski definition) is 5. The maximum atomic E-state index is 5.37. The molecule has 2 aromatic rings. The molecule has 1 saturated heterocycles. The van der Waals surface area contributed by atoms with Crippen LogP contribution in [-0.4, -0.2) is 29.7 Å². The van der Waals surface area contributed by atoms with E-state index in [2.05, 4.69) is 22.1 Å². The Bertz CT molecular complexity index is 646. The highest BCUT2D eigenvalue weighted by Crippen LogP contribution is 2.28. The Morgan fingerprint density at radius 3 is 2.96 bits per heavy atom. The van der Waals surface area contributed by atoms with E-state index in [1.165, 1.54) is 19.3 Å². The van der Waals surface area contributed by atoms with Crippen molar-refractivity contribution in [1.82, 2.24) is 9.97 Å². The van der Waals surface area contributed by atoms with Crippen molar-refractivity contribution in [2.45, 2.75) is 38.6 Å². The van der Waals surface area contributed by atoms with Gasteiger partial charge in [0.05, 0.1) is 12.8 Å². The molecule has 1 N–H and O–H groups in total. The molecule has 1 aromatic carbocycles. The Hall–Kier alpha value is -2.30. The molecule has 2 heterocycles. The highest BCUT2D eigenvalue weighted by atomic mass is 16.5. The van der Waals surface area contributed by atoms with Gasteiger partial charge in [-0.05, 0) is 43.9 Å². The van der Waals surface area contributed by atoms with Crippen molar-refractivity contribution in [2.24, 2.45) is 0 Å². The van der Waals surface area contributed by atoms with E-state index >= 15 is 0 Å². The Labute approximate surface area is 137 Å². The van der Waals surface area contributed by atoms with E-state index in [0.29, 0.717) is 12.0 Å². The van der Waals surface area contributed by atoms with Crippen LogP contribution in [0.25, 0.3) is 0 Å². The van der Waals surface area contributed by atoms with E-state index in [0.717, 1.165) is 30.2 Å². The molecular formula is C18H24N4O. The number of rotatable bonds is 5. The van der Waals surface area contributed by atoms with Gasteiger partial charge in [0.25, 0.3) is 0 Å². The predicted octanol–water partition coefficient (Wildman–Crippen LogP) is 4.00. The lowest BCUT2D eigenvalue weighted by Gasteiger charge is -2.36. The van der Waals surface area contributed by atoms with Crippen LogP contribution in [0.4, 0.5) is 17.5 Å². The Balaban J connectivity index is 1.82. The van der Waals surface area contributed by atoms with Crippen molar-refractivity contribution >= 4 is 17.5 Å². The fourth-order valence-electron chi connectivity index (χ4n) is 3.16. The van der Waals surface area contributed by atoms with Gasteiger partial charge < -0.3 is 15.0 Å². The molecule has 1 aliphatic rings. The molecule has 0 bridgehead atoms. The topological polar surface area (TPSA) is 50.3 Å². The number of aromatic nitrogens is 2. The van der Waals surface area contributed by atoms with Gasteiger partial charge in [-0.25, -0.2) is 4.98 Å². The van der Waals surface area contributed by atoms with E-state index in [1.807, 2.05) is 36.5 Å². The molecule has 23 heavy (non-hydrogen) atoms. The van der Waals surface area contributed by atoms with E-state index in [9.17, 15) is 0 Å². The predicted molar refractivity (Wildman–Crippen MR) is 93.6 cm³/mol. The molecule has 1 fully saturated rings. The number of ether oxygens (including phenoxy) is 1. The first kappa shape index (κ1) is 15.6. The molecule has 1 aliphatic heterocycles. The minimum Gasteiger partial charge on any atom is -0.495 e. The molecule has 0 spiro atoms. The van der Waals surface area contributed by atoms with Gasteiger partial charge in [0, 0.05) is 18.8 Å². The molecule has 0 amide bonds. The first-order valence-corrected chi connectivity index (χ1v) is 8.31. The van der Waals surface area contributed by atoms with Crippen LogP contribution in [0.1, 0.15) is 32.6 Å². The Kier molecular flexibility index (Phi) is 4.95. The van der Waals surface area contributed by atoms with E-state index < -0.39 is 0 Å². The Morgan fingerprint density at radius 2 is 2.13 bits per heavy atom. The smallest absolute Gasteiger partial charge is 0.229 e. The summed E-state index contributed by atoms with van der Waals surface area (Å²) in [6.07, 6.45) is 6.76. The summed E-state index contributed by atoms with van der Waals surface area (Å²) in [7, 11) is 1.66. The molecule has 122 valence electrons. The van der Waals surface area contributed by atoms with Gasteiger partial charge in [0.15, 0.2) is 0 Å². The summed E-state index contributed by atoms with van der Waals surface area (Å²) < 4.78 is 5.37. The van der Waals surface area contributed by atoms with Crippen molar-refractivity contribution in [3.8, 4) is 5.75 Å². The lowest BCUT2D eigenvalue weighted by Crippen LogP contribution is -2.39. The van der Waals surface area contributed by atoms with Gasteiger partial charge in [-0.15, -0.1) is 0 Å². The van der Waals surface area contributed by atoms with Crippen molar-refractivity contribution in [3.63, 3.8) is 0 Å².